The molecule has 1 aromatic carbocycles. The van der Waals surface area contributed by atoms with Gasteiger partial charge in [0.15, 0.2) is 0 Å². The van der Waals surface area contributed by atoms with Crippen LogP contribution in [0.2, 0.25) is 0 Å². The standard InChI is InChI=1S/C15H25NO4/c1-12(16)15(20-11-10-19-9-8-17-2)13-6-4-5-7-14(13)18-3/h4-7,12,15H,8-11,16H2,1-3H3. The van der Waals surface area contributed by atoms with E-state index in [1.807, 2.05) is 31.2 Å². The summed E-state index contributed by atoms with van der Waals surface area (Å²) in [5, 5.41) is 0. The topological polar surface area (TPSA) is 62.9 Å². The van der Waals surface area contributed by atoms with Crippen LogP contribution in [0.25, 0.3) is 0 Å². The summed E-state index contributed by atoms with van der Waals surface area (Å²) in [6.45, 7) is 4.07. The van der Waals surface area contributed by atoms with Gasteiger partial charge in [-0.05, 0) is 13.0 Å². The van der Waals surface area contributed by atoms with Crippen LogP contribution in [0.4, 0.5) is 0 Å². The highest BCUT2D eigenvalue weighted by molar-refractivity contribution is 5.35. The molecule has 5 nitrogen and oxygen atoms in total. The number of nitrogens with two attached hydrogens (primary N) is 1. The van der Waals surface area contributed by atoms with Crippen molar-refractivity contribution in [2.45, 2.75) is 19.1 Å². The number of ether oxygens (including phenoxy) is 4. The molecule has 2 atom stereocenters. The van der Waals surface area contributed by atoms with Crippen molar-refractivity contribution in [2.24, 2.45) is 5.73 Å². The van der Waals surface area contributed by atoms with Gasteiger partial charge in [0.25, 0.3) is 0 Å². The molecule has 1 rings (SSSR count). The van der Waals surface area contributed by atoms with E-state index in [1.165, 1.54) is 0 Å². The smallest absolute Gasteiger partial charge is 0.124 e. The van der Waals surface area contributed by atoms with Gasteiger partial charge in [-0.15, -0.1) is 0 Å². The molecule has 1 aromatic rings. The lowest BCUT2D eigenvalue weighted by molar-refractivity contribution is -0.0149. The third kappa shape index (κ3) is 5.46. The number of methoxy groups -OCH3 is 2. The summed E-state index contributed by atoms with van der Waals surface area (Å²) in [5.41, 5.74) is 6.97. The summed E-state index contributed by atoms with van der Waals surface area (Å²) in [5.74, 6) is 0.787. The van der Waals surface area contributed by atoms with Gasteiger partial charge in [-0.1, -0.05) is 18.2 Å². The maximum absolute atomic E-state index is 6.01. The number of benzene rings is 1. The third-order valence-corrected chi connectivity index (χ3v) is 2.88. The Hall–Kier alpha value is -1.14. The molecule has 0 spiro atoms. The monoisotopic (exact) mass is 283 g/mol. The maximum atomic E-state index is 6.01. The molecule has 0 aliphatic carbocycles. The van der Waals surface area contributed by atoms with Gasteiger partial charge in [0.1, 0.15) is 11.9 Å². The van der Waals surface area contributed by atoms with E-state index >= 15 is 0 Å². The third-order valence-electron chi connectivity index (χ3n) is 2.88. The number of hydrogen-bond donors (Lipinski definition) is 1. The van der Waals surface area contributed by atoms with Crippen LogP contribution in [-0.4, -0.2) is 46.7 Å². The van der Waals surface area contributed by atoms with E-state index in [9.17, 15) is 0 Å². The molecule has 0 radical (unpaired) electrons. The SMILES string of the molecule is COCCOCCOC(c1ccccc1OC)C(C)N. The van der Waals surface area contributed by atoms with Crippen molar-refractivity contribution < 1.29 is 18.9 Å². The molecule has 114 valence electrons. The molecule has 20 heavy (non-hydrogen) atoms. The second-order valence-electron chi connectivity index (χ2n) is 4.50. The minimum atomic E-state index is -0.211. The Morgan fingerprint density at radius 1 is 1.05 bits per heavy atom. The highest BCUT2D eigenvalue weighted by Crippen LogP contribution is 2.29. The lowest BCUT2D eigenvalue weighted by Gasteiger charge is -2.23. The van der Waals surface area contributed by atoms with Crippen LogP contribution < -0.4 is 10.5 Å². The molecule has 2 unspecified atom stereocenters. The molecule has 0 fully saturated rings. The van der Waals surface area contributed by atoms with E-state index in [0.717, 1.165) is 11.3 Å². The fourth-order valence-electron chi connectivity index (χ4n) is 1.90. The molecular formula is C15H25NO4. The van der Waals surface area contributed by atoms with Gasteiger partial charge in [0.2, 0.25) is 0 Å². The van der Waals surface area contributed by atoms with Crippen LogP contribution in [-0.2, 0) is 14.2 Å². The van der Waals surface area contributed by atoms with Gasteiger partial charge in [-0.2, -0.15) is 0 Å². The summed E-state index contributed by atoms with van der Waals surface area (Å²) >= 11 is 0. The average Bonchev–Trinajstić information content (AvgIpc) is 2.46. The van der Waals surface area contributed by atoms with Crippen LogP contribution in [0.15, 0.2) is 24.3 Å². The maximum Gasteiger partial charge on any atom is 0.124 e. The number of hydrogen-bond acceptors (Lipinski definition) is 5. The first-order valence-corrected chi connectivity index (χ1v) is 6.77. The van der Waals surface area contributed by atoms with Gasteiger partial charge in [0.05, 0.1) is 33.5 Å². The molecule has 0 saturated carbocycles. The molecule has 0 heterocycles. The Labute approximate surface area is 121 Å². The zero-order valence-electron chi connectivity index (χ0n) is 12.5. The second kappa shape index (κ2) is 9.72. The summed E-state index contributed by atoms with van der Waals surface area (Å²) in [6.07, 6.45) is -0.211. The first-order chi connectivity index (χ1) is 9.70. The Balaban J connectivity index is 2.52. The zero-order valence-corrected chi connectivity index (χ0v) is 12.5. The first kappa shape index (κ1) is 16.9. The van der Waals surface area contributed by atoms with Crippen LogP contribution in [0.1, 0.15) is 18.6 Å². The van der Waals surface area contributed by atoms with Crippen LogP contribution in [0.5, 0.6) is 5.75 Å². The van der Waals surface area contributed by atoms with E-state index < -0.39 is 0 Å². The fourth-order valence-corrected chi connectivity index (χ4v) is 1.90. The lowest BCUT2D eigenvalue weighted by atomic mass is 10.0. The molecule has 5 heteroatoms. The predicted molar refractivity (Wildman–Crippen MR) is 78.0 cm³/mol. The molecule has 0 amide bonds. The largest absolute Gasteiger partial charge is 0.496 e. The fraction of sp³-hybridized carbons (Fsp3) is 0.600. The van der Waals surface area contributed by atoms with Crippen molar-refractivity contribution >= 4 is 0 Å². The van der Waals surface area contributed by atoms with Crippen LogP contribution in [0.3, 0.4) is 0 Å². The van der Waals surface area contributed by atoms with Crippen molar-refractivity contribution in [1.82, 2.24) is 0 Å². The van der Waals surface area contributed by atoms with Gasteiger partial charge >= 0.3 is 0 Å². The minimum Gasteiger partial charge on any atom is -0.496 e. The van der Waals surface area contributed by atoms with Gasteiger partial charge in [-0.3, -0.25) is 0 Å². The molecule has 0 saturated heterocycles. The van der Waals surface area contributed by atoms with E-state index in [-0.39, 0.29) is 12.1 Å². The molecule has 0 aromatic heterocycles. The number of para-hydroxylation sites is 1. The van der Waals surface area contributed by atoms with Crippen molar-refractivity contribution in [3.05, 3.63) is 29.8 Å². The number of rotatable bonds is 10. The summed E-state index contributed by atoms with van der Waals surface area (Å²) in [4.78, 5) is 0. The van der Waals surface area contributed by atoms with E-state index in [4.69, 9.17) is 24.7 Å². The van der Waals surface area contributed by atoms with E-state index in [0.29, 0.717) is 26.4 Å². The molecule has 0 aliphatic rings. The van der Waals surface area contributed by atoms with Crippen LogP contribution >= 0.6 is 0 Å². The van der Waals surface area contributed by atoms with Gasteiger partial charge < -0.3 is 24.7 Å². The van der Waals surface area contributed by atoms with Crippen molar-refractivity contribution in [1.29, 1.82) is 0 Å². The predicted octanol–water partition coefficient (Wildman–Crippen LogP) is 1.76. The molecule has 2 N–H and O–H groups in total. The van der Waals surface area contributed by atoms with Gasteiger partial charge in [0, 0.05) is 18.7 Å². The minimum absolute atomic E-state index is 0.134. The lowest BCUT2D eigenvalue weighted by Crippen LogP contribution is -2.28. The Morgan fingerprint density at radius 3 is 2.40 bits per heavy atom. The van der Waals surface area contributed by atoms with E-state index in [1.54, 1.807) is 14.2 Å². The van der Waals surface area contributed by atoms with E-state index in [2.05, 4.69) is 0 Å². The quantitative estimate of drug-likeness (QED) is 0.663. The highest BCUT2D eigenvalue weighted by Gasteiger charge is 2.20. The molecule has 0 bridgehead atoms. The average molecular weight is 283 g/mol. The summed E-state index contributed by atoms with van der Waals surface area (Å²) in [7, 11) is 3.29. The zero-order chi connectivity index (χ0) is 14.8. The van der Waals surface area contributed by atoms with Crippen molar-refractivity contribution in [3.63, 3.8) is 0 Å². The highest BCUT2D eigenvalue weighted by atomic mass is 16.5. The van der Waals surface area contributed by atoms with Crippen LogP contribution in [0, 0.1) is 0 Å². The first-order valence-electron chi connectivity index (χ1n) is 6.77. The van der Waals surface area contributed by atoms with Crippen molar-refractivity contribution in [3.8, 4) is 5.75 Å². The normalized spacial score (nSPS) is 14.0. The Bertz CT molecular complexity index is 371. The Morgan fingerprint density at radius 2 is 1.75 bits per heavy atom. The second-order valence-corrected chi connectivity index (χ2v) is 4.50. The van der Waals surface area contributed by atoms with Gasteiger partial charge in [-0.25, -0.2) is 0 Å². The molecule has 0 aliphatic heterocycles. The molecular weight excluding hydrogens is 258 g/mol. The summed E-state index contributed by atoms with van der Waals surface area (Å²) in [6, 6.07) is 7.62. The Kier molecular flexibility index (Phi) is 8.22. The summed E-state index contributed by atoms with van der Waals surface area (Å²) < 4.78 is 21.5. The van der Waals surface area contributed by atoms with Crippen molar-refractivity contribution in [2.75, 3.05) is 40.6 Å².